The quantitative estimate of drug-likeness (QED) is 0.113. The minimum Gasteiger partial charge on any atom is -0.507 e. The Bertz CT molecular complexity index is 1510. The van der Waals surface area contributed by atoms with Crippen molar-refractivity contribution in [3.8, 4) is 11.5 Å². The third-order valence-electron chi connectivity index (χ3n) is 6.25. The number of hydrogen-bond acceptors (Lipinski definition) is 7. The third-order valence-corrected chi connectivity index (χ3v) is 6.25. The molecule has 202 valence electrons. The van der Waals surface area contributed by atoms with Gasteiger partial charge in [-0.1, -0.05) is 72.8 Å². The Hall–Kier alpha value is -5.30. The van der Waals surface area contributed by atoms with Crippen LogP contribution in [0.5, 0.6) is 11.5 Å². The van der Waals surface area contributed by atoms with E-state index < -0.39 is 17.6 Å². The van der Waals surface area contributed by atoms with Gasteiger partial charge >= 0.3 is 0 Å². The van der Waals surface area contributed by atoms with E-state index in [0.29, 0.717) is 33.9 Å². The van der Waals surface area contributed by atoms with Crippen molar-refractivity contribution in [2.24, 2.45) is 0 Å². The number of methoxy groups -OCH3 is 2. The van der Waals surface area contributed by atoms with Crippen LogP contribution < -0.4 is 14.8 Å². The topological polar surface area (TPSA) is 105 Å². The van der Waals surface area contributed by atoms with Crippen molar-refractivity contribution in [2.45, 2.75) is 6.04 Å². The van der Waals surface area contributed by atoms with E-state index in [1.165, 1.54) is 0 Å². The van der Waals surface area contributed by atoms with Crippen LogP contribution in [-0.4, -0.2) is 36.0 Å². The minimum absolute atomic E-state index is 0.186. The Balaban J connectivity index is 1.85. The van der Waals surface area contributed by atoms with Gasteiger partial charge in [-0.25, -0.2) is 0 Å². The second-order valence-electron chi connectivity index (χ2n) is 8.80. The zero-order valence-electron chi connectivity index (χ0n) is 22.1. The molecule has 0 bridgehead atoms. The second-order valence-corrected chi connectivity index (χ2v) is 8.80. The molecule has 0 aliphatic rings. The SMILES string of the molecule is COc1ccc(NC(/C(C(=O)C(=O)C=C(O)c2ccccc2)=C(/O)c2ccccc2)c2ccc(OC)cc2)cc1. The first-order valence-electron chi connectivity index (χ1n) is 12.5. The summed E-state index contributed by atoms with van der Waals surface area (Å²) in [6, 6.07) is 29.9. The van der Waals surface area contributed by atoms with Crippen LogP contribution in [0.3, 0.4) is 0 Å². The van der Waals surface area contributed by atoms with Crippen molar-refractivity contribution in [1.82, 2.24) is 0 Å². The summed E-state index contributed by atoms with van der Waals surface area (Å²) in [6.07, 6.45) is 0.869. The van der Waals surface area contributed by atoms with Gasteiger partial charge in [0.2, 0.25) is 11.6 Å². The standard InChI is InChI=1S/C33H29NO6/c1-39-26-17-13-23(14-18-26)31(34-25-15-19-27(40-2)20-16-25)30(32(37)24-11-7-4-8-12-24)33(38)29(36)21-28(35)22-9-5-3-6-10-22/h3-21,31,34-35,37H,1-2H3/b28-21?,32-30-. The lowest BCUT2D eigenvalue weighted by atomic mass is 9.90. The summed E-state index contributed by atoms with van der Waals surface area (Å²) in [7, 11) is 3.10. The lowest BCUT2D eigenvalue weighted by Crippen LogP contribution is -2.25. The van der Waals surface area contributed by atoms with Gasteiger partial charge in [-0.05, 0) is 42.0 Å². The predicted octanol–water partition coefficient (Wildman–Crippen LogP) is 6.56. The van der Waals surface area contributed by atoms with Gasteiger partial charge in [0.15, 0.2) is 0 Å². The first kappa shape index (κ1) is 27.7. The molecule has 0 heterocycles. The van der Waals surface area contributed by atoms with Crippen molar-refractivity contribution in [2.75, 3.05) is 19.5 Å². The number of allylic oxidation sites excluding steroid dienone is 1. The summed E-state index contributed by atoms with van der Waals surface area (Å²) in [5.41, 5.74) is 1.75. The number of aliphatic hydroxyl groups excluding tert-OH is 2. The van der Waals surface area contributed by atoms with E-state index in [1.54, 1.807) is 123 Å². The van der Waals surface area contributed by atoms with E-state index in [4.69, 9.17) is 9.47 Å². The molecule has 3 N–H and O–H groups in total. The maximum Gasteiger partial charge on any atom is 0.235 e. The molecule has 7 heteroatoms. The van der Waals surface area contributed by atoms with Gasteiger partial charge in [0, 0.05) is 22.9 Å². The fraction of sp³-hybridized carbons (Fsp3) is 0.0909. The highest BCUT2D eigenvalue weighted by atomic mass is 16.5. The molecule has 7 nitrogen and oxygen atoms in total. The van der Waals surface area contributed by atoms with E-state index in [1.807, 2.05) is 0 Å². The number of rotatable bonds is 11. The van der Waals surface area contributed by atoms with Gasteiger partial charge in [0.05, 0.1) is 25.8 Å². The van der Waals surface area contributed by atoms with Gasteiger partial charge in [-0.15, -0.1) is 0 Å². The number of Topliss-reactive ketones (excluding diaryl/α,β-unsaturated/α-hetero) is 1. The monoisotopic (exact) mass is 535 g/mol. The first-order valence-corrected chi connectivity index (χ1v) is 12.5. The van der Waals surface area contributed by atoms with Crippen molar-refractivity contribution in [3.63, 3.8) is 0 Å². The van der Waals surface area contributed by atoms with E-state index in [9.17, 15) is 19.8 Å². The van der Waals surface area contributed by atoms with Crippen LogP contribution >= 0.6 is 0 Å². The maximum atomic E-state index is 13.8. The predicted molar refractivity (Wildman–Crippen MR) is 155 cm³/mol. The Morgan fingerprint density at radius 1 is 0.700 bits per heavy atom. The number of ether oxygens (including phenoxy) is 2. The molecule has 4 aromatic carbocycles. The fourth-order valence-electron chi connectivity index (χ4n) is 4.11. The molecular formula is C33H29NO6. The van der Waals surface area contributed by atoms with Crippen molar-refractivity contribution < 1.29 is 29.3 Å². The normalized spacial score (nSPS) is 12.6. The molecule has 1 atom stereocenters. The molecule has 0 saturated heterocycles. The van der Waals surface area contributed by atoms with E-state index in [0.717, 1.165) is 6.08 Å². The van der Waals surface area contributed by atoms with Gasteiger partial charge in [0.25, 0.3) is 0 Å². The first-order chi connectivity index (χ1) is 19.4. The molecule has 4 aromatic rings. The average Bonchev–Trinajstić information content (AvgIpc) is 3.01. The summed E-state index contributed by atoms with van der Waals surface area (Å²) < 4.78 is 10.5. The molecule has 0 saturated carbocycles. The number of nitrogens with one attached hydrogen (secondary N) is 1. The van der Waals surface area contributed by atoms with Crippen LogP contribution in [0.4, 0.5) is 5.69 Å². The fourth-order valence-corrected chi connectivity index (χ4v) is 4.11. The molecule has 0 radical (unpaired) electrons. The minimum atomic E-state index is -0.992. The lowest BCUT2D eigenvalue weighted by Gasteiger charge is -2.24. The van der Waals surface area contributed by atoms with Crippen LogP contribution in [0, 0.1) is 0 Å². The van der Waals surface area contributed by atoms with Gasteiger partial charge in [-0.3, -0.25) is 9.59 Å². The number of ketones is 2. The smallest absolute Gasteiger partial charge is 0.235 e. The maximum absolute atomic E-state index is 13.8. The highest BCUT2D eigenvalue weighted by Crippen LogP contribution is 2.34. The van der Waals surface area contributed by atoms with Crippen molar-refractivity contribution in [3.05, 3.63) is 138 Å². The number of benzene rings is 4. The van der Waals surface area contributed by atoms with Crippen LogP contribution in [0.15, 0.2) is 121 Å². The number of carbonyl (C=O) groups excluding carboxylic acids is 2. The Morgan fingerprint density at radius 3 is 1.73 bits per heavy atom. The van der Waals surface area contributed by atoms with Crippen LogP contribution in [0.25, 0.3) is 11.5 Å². The lowest BCUT2D eigenvalue weighted by molar-refractivity contribution is -0.131. The molecule has 40 heavy (non-hydrogen) atoms. The average molecular weight is 536 g/mol. The summed E-state index contributed by atoms with van der Waals surface area (Å²) in [5.74, 6) is -1.46. The van der Waals surface area contributed by atoms with E-state index >= 15 is 0 Å². The van der Waals surface area contributed by atoms with Crippen LogP contribution in [-0.2, 0) is 9.59 Å². The molecule has 0 aromatic heterocycles. The molecule has 0 fully saturated rings. The molecule has 1 unspecified atom stereocenters. The van der Waals surface area contributed by atoms with E-state index in [2.05, 4.69) is 5.32 Å². The highest BCUT2D eigenvalue weighted by Gasteiger charge is 2.31. The zero-order valence-corrected chi connectivity index (χ0v) is 22.1. The highest BCUT2D eigenvalue weighted by molar-refractivity contribution is 6.49. The molecule has 0 amide bonds. The Kier molecular flexibility index (Phi) is 8.99. The Morgan fingerprint density at radius 2 is 1.20 bits per heavy atom. The van der Waals surface area contributed by atoms with Crippen LogP contribution in [0.2, 0.25) is 0 Å². The van der Waals surface area contributed by atoms with Crippen LogP contribution in [0.1, 0.15) is 22.7 Å². The molecule has 0 aliphatic heterocycles. The summed E-state index contributed by atoms with van der Waals surface area (Å²) in [6.45, 7) is 0. The van der Waals surface area contributed by atoms with Gasteiger partial charge in [-0.2, -0.15) is 0 Å². The summed E-state index contributed by atoms with van der Waals surface area (Å²) >= 11 is 0. The number of hydrogen-bond donors (Lipinski definition) is 3. The number of aliphatic hydroxyl groups is 2. The van der Waals surface area contributed by atoms with Gasteiger partial charge in [0.1, 0.15) is 23.0 Å². The van der Waals surface area contributed by atoms with Crippen molar-refractivity contribution >= 4 is 28.8 Å². The molecular weight excluding hydrogens is 506 g/mol. The largest absolute Gasteiger partial charge is 0.507 e. The Labute approximate surface area is 232 Å². The third kappa shape index (κ3) is 6.57. The summed E-state index contributed by atoms with van der Waals surface area (Å²) in [5, 5.41) is 25.3. The number of carbonyl (C=O) groups is 2. The zero-order chi connectivity index (χ0) is 28.5. The second kappa shape index (κ2) is 13.0. The summed E-state index contributed by atoms with van der Waals surface area (Å²) in [4.78, 5) is 27.1. The van der Waals surface area contributed by atoms with Crippen molar-refractivity contribution in [1.29, 1.82) is 0 Å². The molecule has 0 aliphatic carbocycles. The molecule has 4 rings (SSSR count). The molecule has 0 spiro atoms. The van der Waals surface area contributed by atoms with E-state index in [-0.39, 0.29) is 17.1 Å². The number of anilines is 1. The van der Waals surface area contributed by atoms with Gasteiger partial charge < -0.3 is 25.0 Å².